The lowest BCUT2D eigenvalue weighted by atomic mass is 10.1. The van der Waals surface area contributed by atoms with Crippen LogP contribution in [0.25, 0.3) is 10.8 Å². The van der Waals surface area contributed by atoms with Crippen LogP contribution in [-0.4, -0.2) is 18.4 Å². The van der Waals surface area contributed by atoms with Crippen LogP contribution in [0.15, 0.2) is 71.8 Å². The highest BCUT2D eigenvalue weighted by atomic mass is 32.1. The summed E-state index contributed by atoms with van der Waals surface area (Å²) in [5.74, 6) is 0.799. The van der Waals surface area contributed by atoms with Gasteiger partial charge in [0, 0.05) is 11.3 Å². The predicted molar refractivity (Wildman–Crippen MR) is 104 cm³/mol. The Morgan fingerprint density at radius 1 is 1.00 bits per heavy atom. The molecule has 0 aliphatic rings. The lowest BCUT2D eigenvalue weighted by Gasteiger charge is -2.08. The molecule has 0 radical (unpaired) electrons. The summed E-state index contributed by atoms with van der Waals surface area (Å²) in [6.45, 7) is 0. The number of hydrogen-bond donors (Lipinski definition) is 2. The summed E-state index contributed by atoms with van der Waals surface area (Å²) in [5, 5.41) is 10.0. The van der Waals surface area contributed by atoms with Crippen molar-refractivity contribution in [2.75, 3.05) is 12.4 Å². The fourth-order valence-corrected chi connectivity index (χ4v) is 2.53. The zero-order valence-electron chi connectivity index (χ0n) is 13.2. The molecule has 3 aromatic carbocycles. The van der Waals surface area contributed by atoms with Gasteiger partial charge < -0.3 is 10.1 Å². The topological polar surface area (TPSA) is 45.6 Å². The van der Waals surface area contributed by atoms with E-state index in [4.69, 9.17) is 17.0 Å². The van der Waals surface area contributed by atoms with Crippen LogP contribution in [-0.2, 0) is 0 Å². The molecule has 2 N–H and O–H groups in total. The van der Waals surface area contributed by atoms with Gasteiger partial charge in [0.2, 0.25) is 0 Å². The fraction of sp³-hybridized carbons (Fsp3) is 0.0526. The molecule has 0 aliphatic carbocycles. The maximum absolute atomic E-state index is 5.24. The number of hydrazone groups is 1. The number of nitrogens with one attached hydrogen (secondary N) is 2. The van der Waals surface area contributed by atoms with Crippen molar-refractivity contribution in [3.63, 3.8) is 0 Å². The van der Waals surface area contributed by atoms with Gasteiger partial charge in [-0.25, -0.2) is 0 Å². The number of nitrogens with zero attached hydrogens (tertiary/aromatic N) is 1. The molecule has 3 aromatic rings. The Hall–Kier alpha value is -2.92. The first-order valence-corrected chi connectivity index (χ1v) is 7.89. The van der Waals surface area contributed by atoms with Gasteiger partial charge in [-0.2, -0.15) is 5.10 Å². The number of methoxy groups -OCH3 is 1. The van der Waals surface area contributed by atoms with Gasteiger partial charge in [0.05, 0.1) is 13.3 Å². The standard InChI is InChI=1S/C19H17N3OS/c1-23-17-11-9-16(10-12-17)21-19(24)22-20-13-15-7-4-6-14-5-2-3-8-18(14)15/h2-13H,1H3,(H2,21,22,24)/b20-13-. The predicted octanol–water partition coefficient (Wildman–Crippen LogP) is 4.17. The second-order valence-electron chi connectivity index (χ2n) is 5.12. The maximum Gasteiger partial charge on any atom is 0.191 e. The third kappa shape index (κ3) is 3.88. The molecule has 0 amide bonds. The van der Waals surface area contributed by atoms with Crippen molar-refractivity contribution in [1.82, 2.24) is 5.43 Å². The van der Waals surface area contributed by atoms with Crippen molar-refractivity contribution in [1.29, 1.82) is 0 Å². The van der Waals surface area contributed by atoms with E-state index in [-0.39, 0.29) is 0 Å². The summed E-state index contributed by atoms with van der Waals surface area (Å²) in [4.78, 5) is 0. The summed E-state index contributed by atoms with van der Waals surface area (Å²) < 4.78 is 5.12. The summed E-state index contributed by atoms with van der Waals surface area (Å²) in [5.41, 5.74) is 4.74. The molecule has 0 fully saturated rings. The van der Waals surface area contributed by atoms with E-state index in [0.717, 1.165) is 22.4 Å². The van der Waals surface area contributed by atoms with E-state index < -0.39 is 0 Å². The van der Waals surface area contributed by atoms with E-state index in [2.05, 4.69) is 34.0 Å². The number of anilines is 1. The molecule has 0 atom stereocenters. The van der Waals surface area contributed by atoms with Crippen LogP contribution in [0.3, 0.4) is 0 Å². The Morgan fingerprint density at radius 3 is 2.54 bits per heavy atom. The first-order valence-electron chi connectivity index (χ1n) is 7.48. The van der Waals surface area contributed by atoms with E-state index in [1.807, 2.05) is 48.5 Å². The molecule has 0 bridgehead atoms. The summed E-state index contributed by atoms with van der Waals surface area (Å²) in [6, 6.07) is 21.8. The van der Waals surface area contributed by atoms with Crippen molar-refractivity contribution in [2.45, 2.75) is 0 Å². The number of fused-ring (bicyclic) bond motifs is 1. The van der Waals surface area contributed by atoms with Crippen molar-refractivity contribution in [2.24, 2.45) is 5.10 Å². The van der Waals surface area contributed by atoms with Crippen LogP contribution in [0.1, 0.15) is 5.56 Å². The Balaban J connectivity index is 1.63. The van der Waals surface area contributed by atoms with Gasteiger partial charge in [0.15, 0.2) is 5.11 Å². The summed E-state index contributed by atoms with van der Waals surface area (Å²) in [6.07, 6.45) is 1.77. The van der Waals surface area contributed by atoms with Gasteiger partial charge in [-0.15, -0.1) is 0 Å². The van der Waals surface area contributed by atoms with Crippen LogP contribution in [0.4, 0.5) is 5.69 Å². The molecule has 0 saturated carbocycles. The van der Waals surface area contributed by atoms with Gasteiger partial charge in [0.1, 0.15) is 5.75 Å². The number of rotatable bonds is 4. The van der Waals surface area contributed by atoms with E-state index in [1.54, 1.807) is 13.3 Å². The third-order valence-electron chi connectivity index (χ3n) is 3.54. The van der Waals surface area contributed by atoms with Crippen LogP contribution >= 0.6 is 12.2 Å². The lowest BCUT2D eigenvalue weighted by Crippen LogP contribution is -2.23. The number of ether oxygens (including phenoxy) is 1. The van der Waals surface area contributed by atoms with E-state index in [9.17, 15) is 0 Å². The van der Waals surface area contributed by atoms with Gasteiger partial charge in [-0.05, 0) is 47.3 Å². The number of benzene rings is 3. The van der Waals surface area contributed by atoms with Crippen LogP contribution in [0.5, 0.6) is 5.75 Å². The van der Waals surface area contributed by atoms with E-state index in [1.165, 1.54) is 5.39 Å². The molecule has 120 valence electrons. The average Bonchev–Trinajstić information content (AvgIpc) is 2.62. The van der Waals surface area contributed by atoms with Gasteiger partial charge in [-0.1, -0.05) is 42.5 Å². The monoisotopic (exact) mass is 335 g/mol. The van der Waals surface area contributed by atoms with Crippen molar-refractivity contribution >= 4 is 40.0 Å². The second kappa shape index (κ2) is 7.57. The van der Waals surface area contributed by atoms with Gasteiger partial charge >= 0.3 is 0 Å². The maximum atomic E-state index is 5.24. The molecular weight excluding hydrogens is 318 g/mol. The zero-order chi connectivity index (χ0) is 16.8. The highest BCUT2D eigenvalue weighted by Gasteiger charge is 1.99. The van der Waals surface area contributed by atoms with E-state index in [0.29, 0.717) is 5.11 Å². The largest absolute Gasteiger partial charge is 0.497 e. The molecular formula is C19H17N3OS. The first kappa shape index (κ1) is 16.0. The second-order valence-corrected chi connectivity index (χ2v) is 5.53. The molecule has 0 aromatic heterocycles. The molecule has 0 spiro atoms. The fourth-order valence-electron chi connectivity index (χ4n) is 2.36. The van der Waals surface area contributed by atoms with Crippen molar-refractivity contribution in [3.05, 3.63) is 72.3 Å². The first-order chi connectivity index (χ1) is 11.8. The Morgan fingerprint density at radius 2 is 1.75 bits per heavy atom. The zero-order valence-corrected chi connectivity index (χ0v) is 14.0. The molecule has 0 heterocycles. The van der Waals surface area contributed by atoms with Crippen molar-refractivity contribution < 1.29 is 4.74 Å². The Kier molecular flexibility index (Phi) is 5.03. The van der Waals surface area contributed by atoms with Crippen LogP contribution in [0.2, 0.25) is 0 Å². The summed E-state index contributed by atoms with van der Waals surface area (Å²) >= 11 is 5.24. The molecule has 0 saturated heterocycles. The van der Waals surface area contributed by atoms with E-state index >= 15 is 0 Å². The molecule has 0 aliphatic heterocycles. The highest BCUT2D eigenvalue weighted by Crippen LogP contribution is 2.17. The van der Waals surface area contributed by atoms with Crippen molar-refractivity contribution in [3.8, 4) is 5.75 Å². The van der Waals surface area contributed by atoms with Crippen LogP contribution < -0.4 is 15.5 Å². The van der Waals surface area contributed by atoms with Gasteiger partial charge in [-0.3, -0.25) is 5.43 Å². The minimum atomic E-state index is 0.427. The smallest absolute Gasteiger partial charge is 0.191 e. The average molecular weight is 335 g/mol. The molecule has 4 nitrogen and oxygen atoms in total. The minimum Gasteiger partial charge on any atom is -0.497 e. The van der Waals surface area contributed by atoms with Gasteiger partial charge in [0.25, 0.3) is 0 Å². The third-order valence-corrected chi connectivity index (χ3v) is 3.73. The minimum absolute atomic E-state index is 0.427. The highest BCUT2D eigenvalue weighted by molar-refractivity contribution is 7.80. The normalized spacial score (nSPS) is 10.7. The quantitative estimate of drug-likeness (QED) is 0.427. The molecule has 3 rings (SSSR count). The lowest BCUT2D eigenvalue weighted by molar-refractivity contribution is 0.415. The molecule has 0 unspecified atom stereocenters. The number of thiocarbonyl (C=S) groups is 1. The Bertz CT molecular complexity index is 870. The molecule has 24 heavy (non-hydrogen) atoms. The van der Waals surface area contributed by atoms with Crippen LogP contribution in [0, 0.1) is 0 Å². The summed E-state index contributed by atoms with van der Waals surface area (Å²) in [7, 11) is 1.64. The Labute approximate surface area is 146 Å². The SMILES string of the molecule is COc1ccc(NC(=S)N/N=C\c2cccc3ccccc23)cc1. The molecule has 5 heteroatoms. The number of hydrogen-bond acceptors (Lipinski definition) is 3.